The van der Waals surface area contributed by atoms with Gasteiger partial charge in [0.1, 0.15) is 24.4 Å². The van der Waals surface area contributed by atoms with E-state index in [-0.39, 0.29) is 12.5 Å². The van der Waals surface area contributed by atoms with Crippen molar-refractivity contribution in [2.24, 2.45) is 0 Å². The highest BCUT2D eigenvalue weighted by Crippen LogP contribution is 2.22. The monoisotopic (exact) mass is 870 g/mol. The number of aliphatic hydroxyl groups excluding tert-OH is 5. The second kappa shape index (κ2) is 42.3. The number of unbranched alkanes of at least 4 members (excludes halogenated alkanes) is 18. The van der Waals surface area contributed by atoms with E-state index in [1.54, 1.807) is 6.08 Å². The SMILES string of the molecule is CC/C=C\C/C=C\C/C=C\C/C=C\C/C=C\CCCCCC(=O)NC(COC1OC(CO)C(O)C(O)C1O)C(O)/C=C/CC/C=C/CCCCCCCCCCCCCCCC. The lowest BCUT2D eigenvalue weighted by Gasteiger charge is -2.40. The number of amides is 1. The molecule has 1 saturated heterocycles. The van der Waals surface area contributed by atoms with Gasteiger partial charge in [0.2, 0.25) is 5.91 Å². The van der Waals surface area contributed by atoms with Gasteiger partial charge in [-0.2, -0.15) is 0 Å². The number of carbonyl (C=O) groups excluding carboxylic acids is 1. The van der Waals surface area contributed by atoms with E-state index in [4.69, 9.17) is 9.47 Å². The Balaban J connectivity index is 2.38. The van der Waals surface area contributed by atoms with E-state index in [2.05, 4.69) is 92.1 Å². The lowest BCUT2D eigenvalue weighted by atomic mass is 9.99. The Morgan fingerprint density at radius 3 is 1.55 bits per heavy atom. The maximum atomic E-state index is 13.0. The molecule has 1 aliphatic heterocycles. The van der Waals surface area contributed by atoms with E-state index >= 15 is 0 Å². The molecule has 1 rings (SSSR count). The van der Waals surface area contributed by atoms with Crippen LogP contribution >= 0.6 is 0 Å². The molecule has 6 N–H and O–H groups in total. The van der Waals surface area contributed by atoms with Crippen LogP contribution in [0.5, 0.6) is 0 Å². The largest absolute Gasteiger partial charge is 0.394 e. The van der Waals surface area contributed by atoms with Crippen LogP contribution in [0, 0.1) is 0 Å². The van der Waals surface area contributed by atoms with Gasteiger partial charge in [0.25, 0.3) is 0 Å². The van der Waals surface area contributed by atoms with Crippen molar-refractivity contribution in [3.05, 3.63) is 85.1 Å². The molecular weight excluding hydrogens is 779 g/mol. The van der Waals surface area contributed by atoms with Crippen molar-refractivity contribution in [2.45, 2.75) is 230 Å². The van der Waals surface area contributed by atoms with Crippen molar-refractivity contribution >= 4 is 5.91 Å². The third-order valence-electron chi connectivity index (χ3n) is 11.2. The van der Waals surface area contributed by atoms with Crippen molar-refractivity contribution in [3.8, 4) is 0 Å². The Hall–Kier alpha value is -2.63. The number of nitrogens with one attached hydrogen (secondary N) is 1. The average Bonchev–Trinajstić information content (AvgIpc) is 3.27. The first kappa shape index (κ1) is 57.4. The molecule has 7 atom stereocenters. The molecule has 1 aliphatic rings. The van der Waals surface area contributed by atoms with Crippen molar-refractivity contribution in [2.75, 3.05) is 13.2 Å². The Bertz CT molecular complexity index is 1240. The first-order valence-electron chi connectivity index (χ1n) is 24.8. The zero-order valence-electron chi connectivity index (χ0n) is 39.1. The van der Waals surface area contributed by atoms with Gasteiger partial charge < -0.3 is 40.3 Å². The number of aliphatic hydroxyl groups is 5. The number of carbonyl (C=O) groups is 1. The highest BCUT2D eigenvalue weighted by molar-refractivity contribution is 5.76. The van der Waals surface area contributed by atoms with Crippen LogP contribution in [0.3, 0.4) is 0 Å². The molecule has 0 bridgehead atoms. The summed E-state index contributed by atoms with van der Waals surface area (Å²) in [5.74, 6) is -0.221. The van der Waals surface area contributed by atoms with Crippen LogP contribution in [0.15, 0.2) is 85.1 Å². The zero-order chi connectivity index (χ0) is 45.1. The fourth-order valence-electron chi connectivity index (χ4n) is 7.26. The molecule has 0 saturated carbocycles. The third kappa shape index (κ3) is 32.1. The summed E-state index contributed by atoms with van der Waals surface area (Å²) in [7, 11) is 0. The first-order chi connectivity index (χ1) is 30.3. The molecule has 356 valence electrons. The number of ether oxygens (including phenoxy) is 2. The average molecular weight is 870 g/mol. The van der Waals surface area contributed by atoms with E-state index in [1.807, 2.05) is 6.08 Å². The fourth-order valence-corrected chi connectivity index (χ4v) is 7.26. The molecule has 1 amide bonds. The summed E-state index contributed by atoms with van der Waals surface area (Å²) in [4.78, 5) is 13.0. The summed E-state index contributed by atoms with van der Waals surface area (Å²) < 4.78 is 11.2. The molecule has 1 fully saturated rings. The first-order valence-corrected chi connectivity index (χ1v) is 24.8. The number of rotatable bonds is 40. The van der Waals surface area contributed by atoms with Crippen LogP contribution in [-0.2, 0) is 14.3 Å². The third-order valence-corrected chi connectivity index (χ3v) is 11.2. The summed E-state index contributed by atoms with van der Waals surface area (Å²) >= 11 is 0. The highest BCUT2D eigenvalue weighted by atomic mass is 16.7. The molecule has 0 aromatic rings. The van der Waals surface area contributed by atoms with Crippen molar-refractivity contribution in [1.82, 2.24) is 5.32 Å². The second-order valence-electron chi connectivity index (χ2n) is 16.9. The Morgan fingerprint density at radius 2 is 1.02 bits per heavy atom. The van der Waals surface area contributed by atoms with Crippen LogP contribution in [-0.4, -0.2) is 87.5 Å². The highest BCUT2D eigenvalue weighted by Gasteiger charge is 2.44. The molecule has 7 unspecified atom stereocenters. The van der Waals surface area contributed by atoms with E-state index in [0.717, 1.165) is 70.6 Å². The maximum absolute atomic E-state index is 13.0. The van der Waals surface area contributed by atoms with E-state index in [0.29, 0.717) is 12.8 Å². The summed E-state index contributed by atoms with van der Waals surface area (Å²) in [5.41, 5.74) is 0. The molecule has 0 aliphatic carbocycles. The second-order valence-corrected chi connectivity index (χ2v) is 16.9. The minimum absolute atomic E-state index is 0.219. The van der Waals surface area contributed by atoms with Gasteiger partial charge in [0.05, 0.1) is 25.4 Å². The Labute approximate surface area is 378 Å². The van der Waals surface area contributed by atoms with Gasteiger partial charge in [-0.3, -0.25) is 4.79 Å². The van der Waals surface area contributed by atoms with E-state index in [9.17, 15) is 30.3 Å². The van der Waals surface area contributed by atoms with Gasteiger partial charge >= 0.3 is 0 Å². The maximum Gasteiger partial charge on any atom is 0.220 e. The predicted octanol–water partition coefficient (Wildman–Crippen LogP) is 11.1. The molecule has 0 aromatic carbocycles. The van der Waals surface area contributed by atoms with Gasteiger partial charge in [-0.15, -0.1) is 0 Å². The molecule has 0 spiro atoms. The molecule has 1 heterocycles. The van der Waals surface area contributed by atoms with Crippen LogP contribution in [0.1, 0.15) is 187 Å². The van der Waals surface area contributed by atoms with E-state index in [1.165, 1.54) is 89.9 Å². The van der Waals surface area contributed by atoms with Crippen molar-refractivity contribution < 1.29 is 39.8 Å². The minimum atomic E-state index is -1.58. The van der Waals surface area contributed by atoms with Gasteiger partial charge in [-0.05, 0) is 77.0 Å². The van der Waals surface area contributed by atoms with Gasteiger partial charge in [0, 0.05) is 6.42 Å². The van der Waals surface area contributed by atoms with Crippen LogP contribution < -0.4 is 5.32 Å². The molecule has 9 heteroatoms. The number of hydrogen-bond acceptors (Lipinski definition) is 8. The lowest BCUT2D eigenvalue weighted by molar-refractivity contribution is -0.302. The smallest absolute Gasteiger partial charge is 0.220 e. The lowest BCUT2D eigenvalue weighted by Crippen LogP contribution is -2.60. The fraction of sp³-hybridized carbons (Fsp3) is 0.717. The van der Waals surface area contributed by atoms with Gasteiger partial charge in [-0.25, -0.2) is 0 Å². The Kier molecular flexibility index (Phi) is 39.2. The molecule has 0 aromatic heterocycles. The predicted molar refractivity (Wildman–Crippen MR) is 258 cm³/mol. The molecule has 0 radical (unpaired) electrons. The molecule has 9 nitrogen and oxygen atoms in total. The van der Waals surface area contributed by atoms with Gasteiger partial charge in [0.15, 0.2) is 6.29 Å². The topological polar surface area (TPSA) is 149 Å². The number of hydrogen-bond donors (Lipinski definition) is 6. The van der Waals surface area contributed by atoms with Crippen LogP contribution in [0.25, 0.3) is 0 Å². The zero-order valence-corrected chi connectivity index (χ0v) is 39.1. The molecule has 62 heavy (non-hydrogen) atoms. The van der Waals surface area contributed by atoms with E-state index < -0.39 is 49.5 Å². The summed E-state index contributed by atoms with van der Waals surface area (Å²) in [5, 5.41) is 54.3. The number of allylic oxidation sites excluding steroid dienone is 13. The quantitative estimate of drug-likeness (QED) is 0.0263. The standard InChI is InChI=1S/C53H91NO8/c1-3-5-7-9-11-13-15-17-19-21-23-25-26-28-30-32-34-36-38-40-42-47(56)46(45-61-53-52(60)51(59)50(58)48(44-55)62-53)54-49(57)43-41-39-37-35-33-31-29-27-24-22-20-18-16-14-12-10-8-6-4-2/h6,8,12,14,18,20,24,27,31-34,40,42,46-48,50-53,55-56,58-60H,3-5,7,9-11,13,15-17,19,21-23,25-26,28-30,35-39,41,43-45H2,1-2H3,(H,54,57)/b8-6-,14-12-,20-18-,27-24-,33-31-,34-32+,42-40+. The Morgan fingerprint density at radius 1 is 0.565 bits per heavy atom. The van der Waals surface area contributed by atoms with Crippen molar-refractivity contribution in [1.29, 1.82) is 0 Å². The minimum Gasteiger partial charge on any atom is -0.394 e. The van der Waals surface area contributed by atoms with Crippen molar-refractivity contribution in [3.63, 3.8) is 0 Å². The summed E-state index contributed by atoms with van der Waals surface area (Å²) in [6, 6.07) is -0.844. The summed E-state index contributed by atoms with van der Waals surface area (Å²) in [6.07, 6.45) is 52.0. The van der Waals surface area contributed by atoms with Gasteiger partial charge in [-0.1, -0.05) is 189 Å². The molecular formula is C53H91NO8. The summed E-state index contributed by atoms with van der Waals surface area (Å²) in [6.45, 7) is 3.62. The van der Waals surface area contributed by atoms with Crippen LogP contribution in [0.4, 0.5) is 0 Å². The van der Waals surface area contributed by atoms with Crippen LogP contribution in [0.2, 0.25) is 0 Å². The normalized spacial score (nSPS) is 21.0.